The van der Waals surface area contributed by atoms with E-state index in [0.29, 0.717) is 23.0 Å². The zero-order valence-corrected chi connectivity index (χ0v) is 14.9. The van der Waals surface area contributed by atoms with E-state index < -0.39 is 10.9 Å². The second kappa shape index (κ2) is 8.69. The van der Waals surface area contributed by atoms with Crippen molar-refractivity contribution in [2.24, 2.45) is 0 Å². The van der Waals surface area contributed by atoms with Crippen LogP contribution in [-0.2, 0) is 11.2 Å². The number of rotatable bonds is 7. The fourth-order valence-corrected chi connectivity index (χ4v) is 2.74. The Balaban J connectivity index is 2.14. The van der Waals surface area contributed by atoms with Gasteiger partial charge < -0.3 is 10.1 Å². The predicted molar refractivity (Wildman–Crippen MR) is 97.7 cm³/mol. The molecule has 0 aliphatic carbocycles. The average molecular weight is 383 g/mol. The summed E-state index contributed by atoms with van der Waals surface area (Å²) < 4.78 is 4.92. The number of nitrogens with one attached hydrogen (secondary N) is 1. The highest BCUT2D eigenvalue weighted by Gasteiger charge is 2.17. The molecule has 2 aromatic carbocycles. The maximum Gasteiger partial charge on any atom is 0.338 e. The number of hydrogen-bond donors (Lipinski definition) is 1. The smallest absolute Gasteiger partial charge is 0.338 e. The van der Waals surface area contributed by atoms with Crippen molar-refractivity contribution in [2.75, 3.05) is 18.5 Å². The van der Waals surface area contributed by atoms with Crippen LogP contribution in [0.2, 0.25) is 10.0 Å². The van der Waals surface area contributed by atoms with Crippen LogP contribution in [0.3, 0.4) is 0 Å². The van der Waals surface area contributed by atoms with Gasteiger partial charge in [-0.15, -0.1) is 0 Å². The highest BCUT2D eigenvalue weighted by molar-refractivity contribution is 6.35. The monoisotopic (exact) mass is 382 g/mol. The molecule has 6 nitrogen and oxygen atoms in total. The topological polar surface area (TPSA) is 81.5 Å². The Bertz CT molecular complexity index is 796. The highest BCUT2D eigenvalue weighted by atomic mass is 35.5. The number of nitro benzene ring substituents is 1. The molecule has 0 spiro atoms. The van der Waals surface area contributed by atoms with Crippen molar-refractivity contribution in [1.29, 1.82) is 0 Å². The maximum absolute atomic E-state index is 11.8. The largest absolute Gasteiger partial charge is 0.462 e. The summed E-state index contributed by atoms with van der Waals surface area (Å²) in [4.78, 5) is 22.5. The first-order valence-corrected chi connectivity index (χ1v) is 8.31. The number of halogens is 2. The minimum absolute atomic E-state index is 0.116. The molecule has 0 heterocycles. The summed E-state index contributed by atoms with van der Waals surface area (Å²) in [5, 5.41) is 15.2. The first-order chi connectivity index (χ1) is 11.9. The van der Waals surface area contributed by atoms with Crippen LogP contribution in [0.4, 0.5) is 11.4 Å². The van der Waals surface area contributed by atoms with Gasteiger partial charge >= 0.3 is 5.97 Å². The van der Waals surface area contributed by atoms with Crippen LogP contribution in [0.15, 0.2) is 36.4 Å². The molecule has 0 amide bonds. The van der Waals surface area contributed by atoms with E-state index in [9.17, 15) is 14.9 Å². The zero-order chi connectivity index (χ0) is 18.4. The van der Waals surface area contributed by atoms with Crippen LogP contribution in [-0.4, -0.2) is 24.0 Å². The summed E-state index contributed by atoms with van der Waals surface area (Å²) >= 11 is 12.0. The van der Waals surface area contributed by atoms with Crippen LogP contribution in [0, 0.1) is 10.1 Å². The fraction of sp³-hybridized carbons (Fsp3) is 0.235. The minimum atomic E-state index is -0.527. The molecule has 132 valence electrons. The Kier molecular flexibility index (Phi) is 6.61. The number of hydrogen-bond acceptors (Lipinski definition) is 5. The number of anilines is 1. The summed E-state index contributed by atoms with van der Waals surface area (Å²) in [6.45, 7) is 2.32. The van der Waals surface area contributed by atoms with Gasteiger partial charge in [0.2, 0.25) is 0 Å². The summed E-state index contributed by atoms with van der Waals surface area (Å²) in [5.41, 5.74) is 1.25. The van der Waals surface area contributed by atoms with Crippen molar-refractivity contribution >= 4 is 40.5 Å². The van der Waals surface area contributed by atoms with Crippen molar-refractivity contribution in [3.05, 3.63) is 67.7 Å². The molecular weight excluding hydrogens is 367 g/mol. The normalized spacial score (nSPS) is 10.4. The van der Waals surface area contributed by atoms with Crippen molar-refractivity contribution in [3.8, 4) is 0 Å². The second-order valence-electron chi connectivity index (χ2n) is 5.12. The second-order valence-corrected chi connectivity index (χ2v) is 5.97. The van der Waals surface area contributed by atoms with Crippen LogP contribution in [0.1, 0.15) is 22.8 Å². The summed E-state index contributed by atoms with van der Waals surface area (Å²) in [6, 6.07) is 9.24. The first-order valence-electron chi connectivity index (χ1n) is 7.55. The number of ether oxygens (including phenoxy) is 1. The van der Waals surface area contributed by atoms with E-state index in [0.717, 1.165) is 5.56 Å². The molecule has 0 bridgehead atoms. The minimum Gasteiger partial charge on any atom is -0.462 e. The van der Waals surface area contributed by atoms with Crippen molar-refractivity contribution in [1.82, 2.24) is 0 Å². The van der Waals surface area contributed by atoms with E-state index in [1.54, 1.807) is 25.1 Å². The molecular formula is C17H16Cl2N2O4. The molecule has 0 atom stereocenters. The lowest BCUT2D eigenvalue weighted by atomic mass is 10.1. The van der Waals surface area contributed by atoms with Gasteiger partial charge in [0.05, 0.1) is 17.1 Å². The molecule has 0 unspecified atom stereocenters. The van der Waals surface area contributed by atoms with E-state index in [1.165, 1.54) is 18.2 Å². The van der Waals surface area contributed by atoms with Gasteiger partial charge in [0.1, 0.15) is 5.69 Å². The van der Waals surface area contributed by atoms with Crippen LogP contribution in [0.25, 0.3) is 0 Å². The molecule has 0 radical (unpaired) electrons. The van der Waals surface area contributed by atoms with Crippen molar-refractivity contribution in [2.45, 2.75) is 13.3 Å². The quantitative estimate of drug-likeness (QED) is 0.425. The predicted octanol–water partition coefficient (Wildman–Crippen LogP) is 4.73. The van der Waals surface area contributed by atoms with Gasteiger partial charge in [0.15, 0.2) is 0 Å². The number of benzene rings is 2. The average Bonchev–Trinajstić information content (AvgIpc) is 2.56. The third-order valence-corrected chi connectivity index (χ3v) is 4.02. The van der Waals surface area contributed by atoms with Gasteiger partial charge in [0.25, 0.3) is 5.69 Å². The SMILES string of the molecule is CCOC(=O)c1ccc([N+](=O)[O-])c(NCCc2ccc(Cl)cc2Cl)c1. The Labute approximate surface area is 154 Å². The molecule has 1 N–H and O–H groups in total. The number of carbonyl (C=O) groups excluding carboxylic acids is 1. The molecule has 0 saturated carbocycles. The third kappa shape index (κ3) is 5.08. The Morgan fingerprint density at radius 1 is 1.24 bits per heavy atom. The summed E-state index contributed by atoms with van der Waals surface area (Å²) in [6.07, 6.45) is 0.538. The Morgan fingerprint density at radius 3 is 2.64 bits per heavy atom. The third-order valence-electron chi connectivity index (χ3n) is 3.43. The van der Waals surface area contributed by atoms with Gasteiger partial charge in [-0.2, -0.15) is 0 Å². The van der Waals surface area contributed by atoms with Crippen molar-refractivity contribution < 1.29 is 14.5 Å². The number of esters is 1. The first kappa shape index (κ1) is 19.0. The summed E-state index contributed by atoms with van der Waals surface area (Å²) in [7, 11) is 0. The maximum atomic E-state index is 11.8. The molecule has 0 aliphatic rings. The van der Waals surface area contributed by atoms with Gasteiger partial charge in [-0.1, -0.05) is 29.3 Å². The van der Waals surface area contributed by atoms with E-state index in [2.05, 4.69) is 5.32 Å². The molecule has 2 rings (SSSR count). The van der Waals surface area contributed by atoms with E-state index >= 15 is 0 Å². The zero-order valence-electron chi connectivity index (χ0n) is 13.4. The number of nitrogens with zero attached hydrogens (tertiary/aromatic N) is 1. The van der Waals surface area contributed by atoms with E-state index in [4.69, 9.17) is 27.9 Å². The molecule has 0 aliphatic heterocycles. The van der Waals surface area contributed by atoms with Gasteiger partial charge in [-0.25, -0.2) is 4.79 Å². The van der Waals surface area contributed by atoms with E-state index in [1.807, 2.05) is 0 Å². The molecule has 2 aromatic rings. The standard InChI is InChI=1S/C17H16Cl2N2O4/c1-2-25-17(22)12-4-6-16(21(23)24)15(9-12)20-8-7-11-3-5-13(18)10-14(11)19/h3-6,9-10,20H,2,7-8H2,1H3. The lowest BCUT2D eigenvalue weighted by Crippen LogP contribution is -2.10. The van der Waals surface area contributed by atoms with Gasteiger partial charge in [-0.05, 0) is 43.2 Å². The molecule has 0 aromatic heterocycles. The lowest BCUT2D eigenvalue weighted by Gasteiger charge is -2.10. The number of carbonyl (C=O) groups is 1. The fourth-order valence-electron chi connectivity index (χ4n) is 2.23. The van der Waals surface area contributed by atoms with Gasteiger partial charge in [-0.3, -0.25) is 10.1 Å². The van der Waals surface area contributed by atoms with Crippen LogP contribution >= 0.6 is 23.2 Å². The molecule has 8 heteroatoms. The van der Waals surface area contributed by atoms with Crippen molar-refractivity contribution in [3.63, 3.8) is 0 Å². The Hall–Kier alpha value is -2.31. The van der Waals surface area contributed by atoms with E-state index in [-0.39, 0.29) is 23.5 Å². The van der Waals surface area contributed by atoms with Crippen LogP contribution < -0.4 is 5.32 Å². The molecule has 0 saturated heterocycles. The molecule has 0 fully saturated rings. The molecule has 25 heavy (non-hydrogen) atoms. The Morgan fingerprint density at radius 2 is 2.00 bits per heavy atom. The van der Waals surface area contributed by atoms with Crippen LogP contribution in [0.5, 0.6) is 0 Å². The lowest BCUT2D eigenvalue weighted by molar-refractivity contribution is -0.384. The highest BCUT2D eigenvalue weighted by Crippen LogP contribution is 2.26. The summed E-state index contributed by atoms with van der Waals surface area (Å²) in [5.74, 6) is -0.527. The van der Waals surface area contributed by atoms with Gasteiger partial charge in [0, 0.05) is 22.7 Å². The number of nitro groups is 1.